The number of amides is 1. The Morgan fingerprint density at radius 3 is 2.03 bits per heavy atom. The summed E-state index contributed by atoms with van der Waals surface area (Å²) in [7, 11) is 0. The molecule has 0 N–H and O–H groups in total. The fourth-order valence-corrected chi connectivity index (χ4v) is 4.10. The third-order valence-electron chi connectivity index (χ3n) is 5.79. The van der Waals surface area contributed by atoms with Crippen molar-refractivity contribution in [2.24, 2.45) is 0 Å². The van der Waals surface area contributed by atoms with Crippen molar-refractivity contribution in [3.8, 4) is 0 Å². The maximum absolute atomic E-state index is 14.3. The number of carbonyl (C=O) groups excluding carboxylic acids is 1. The van der Waals surface area contributed by atoms with Gasteiger partial charge in [0.15, 0.2) is 0 Å². The molecule has 1 aliphatic rings. The molecule has 0 saturated carbocycles. The zero-order chi connectivity index (χ0) is 22.7. The molecule has 3 aromatic carbocycles. The molecule has 166 valence electrons. The molecule has 1 fully saturated rings. The molecule has 3 nitrogen and oxygen atoms in total. The minimum absolute atomic E-state index is 0.0174. The molecule has 0 aromatic heterocycles. The number of rotatable bonds is 5. The molecule has 1 heterocycles. The molecule has 4 rings (SSSR count). The van der Waals surface area contributed by atoms with Crippen LogP contribution in [0.25, 0.3) is 0 Å². The van der Waals surface area contributed by atoms with Crippen LogP contribution in [0.1, 0.15) is 28.8 Å². The minimum atomic E-state index is -0.628. The number of carbonyl (C=O) groups is 1. The molecule has 32 heavy (non-hydrogen) atoms. The van der Waals surface area contributed by atoms with Gasteiger partial charge in [-0.25, -0.2) is 17.6 Å². The average molecular weight is 442 g/mol. The van der Waals surface area contributed by atoms with Gasteiger partial charge in [0, 0.05) is 36.9 Å². The monoisotopic (exact) mass is 442 g/mol. The molecule has 0 aliphatic carbocycles. The van der Waals surface area contributed by atoms with E-state index in [1.165, 1.54) is 65.6 Å². The van der Waals surface area contributed by atoms with Crippen LogP contribution in [0.3, 0.4) is 0 Å². The van der Waals surface area contributed by atoms with Gasteiger partial charge in [0.2, 0.25) is 0 Å². The number of piperidine rings is 1. The summed E-state index contributed by atoms with van der Waals surface area (Å²) in [4.78, 5) is 16.7. The quantitative estimate of drug-likeness (QED) is 0.484. The van der Waals surface area contributed by atoms with Crippen LogP contribution in [0.15, 0.2) is 66.7 Å². The van der Waals surface area contributed by atoms with Crippen molar-refractivity contribution >= 4 is 11.6 Å². The van der Waals surface area contributed by atoms with E-state index in [9.17, 15) is 22.4 Å². The number of hydrogen-bond acceptors (Lipinski definition) is 2. The lowest BCUT2D eigenvalue weighted by molar-refractivity contribution is 0.0954. The van der Waals surface area contributed by atoms with Crippen LogP contribution in [0, 0.1) is 23.3 Å². The number of hydrogen-bond donors (Lipinski definition) is 0. The first-order chi connectivity index (χ1) is 15.4. The van der Waals surface area contributed by atoms with E-state index in [2.05, 4.69) is 0 Å². The van der Waals surface area contributed by atoms with Crippen molar-refractivity contribution in [2.45, 2.75) is 25.4 Å². The topological polar surface area (TPSA) is 23.6 Å². The normalized spacial score (nSPS) is 15.0. The lowest BCUT2D eigenvalue weighted by Crippen LogP contribution is -2.47. The van der Waals surface area contributed by atoms with Crippen molar-refractivity contribution in [1.29, 1.82) is 0 Å². The predicted molar refractivity (Wildman–Crippen MR) is 114 cm³/mol. The SMILES string of the molecule is O=C(c1ccccc1F)N(c1ccc(F)cc1)C1CCN(Cc2c(F)cccc2F)CC1. The van der Waals surface area contributed by atoms with Crippen LogP contribution in [0.5, 0.6) is 0 Å². The van der Waals surface area contributed by atoms with Crippen LogP contribution in [0.2, 0.25) is 0 Å². The van der Waals surface area contributed by atoms with Crippen LogP contribution in [0.4, 0.5) is 23.2 Å². The maximum Gasteiger partial charge on any atom is 0.261 e. The van der Waals surface area contributed by atoms with E-state index >= 15 is 0 Å². The van der Waals surface area contributed by atoms with Gasteiger partial charge in [-0.05, 0) is 61.4 Å². The van der Waals surface area contributed by atoms with Gasteiger partial charge in [-0.2, -0.15) is 0 Å². The van der Waals surface area contributed by atoms with Crippen LogP contribution in [-0.4, -0.2) is 29.9 Å². The van der Waals surface area contributed by atoms with Gasteiger partial charge in [-0.1, -0.05) is 18.2 Å². The third kappa shape index (κ3) is 4.67. The number of anilines is 1. The van der Waals surface area contributed by atoms with E-state index in [4.69, 9.17) is 0 Å². The van der Waals surface area contributed by atoms with E-state index in [0.717, 1.165) is 0 Å². The second-order valence-corrected chi connectivity index (χ2v) is 7.84. The summed E-state index contributed by atoms with van der Waals surface area (Å²) in [5, 5.41) is 0. The Bertz CT molecular complexity index is 1080. The fourth-order valence-electron chi connectivity index (χ4n) is 4.10. The Morgan fingerprint density at radius 1 is 0.812 bits per heavy atom. The molecule has 1 amide bonds. The number of nitrogens with zero attached hydrogens (tertiary/aromatic N) is 2. The number of halogens is 4. The molecule has 0 bridgehead atoms. The molecule has 7 heteroatoms. The van der Waals surface area contributed by atoms with E-state index in [1.807, 2.05) is 4.90 Å². The molecule has 1 saturated heterocycles. The second-order valence-electron chi connectivity index (χ2n) is 7.84. The van der Waals surface area contributed by atoms with Crippen molar-refractivity contribution in [1.82, 2.24) is 4.90 Å². The van der Waals surface area contributed by atoms with E-state index in [-0.39, 0.29) is 23.7 Å². The predicted octanol–water partition coefficient (Wildman–Crippen LogP) is 5.55. The standard InChI is InChI=1S/C25H22F4N2O/c26-17-8-10-18(11-9-17)31(25(32)20-4-1-2-5-22(20)27)19-12-14-30(15-13-19)16-21-23(28)6-3-7-24(21)29/h1-11,19H,12-16H2. The highest BCUT2D eigenvalue weighted by molar-refractivity contribution is 6.06. The highest BCUT2D eigenvalue weighted by atomic mass is 19.1. The molecule has 0 atom stereocenters. The summed E-state index contributed by atoms with van der Waals surface area (Å²) in [6.07, 6.45) is 1.04. The van der Waals surface area contributed by atoms with Crippen molar-refractivity contribution < 1.29 is 22.4 Å². The zero-order valence-corrected chi connectivity index (χ0v) is 17.3. The highest BCUT2D eigenvalue weighted by Crippen LogP contribution is 2.28. The van der Waals surface area contributed by atoms with Crippen LogP contribution >= 0.6 is 0 Å². The van der Waals surface area contributed by atoms with Gasteiger partial charge in [-0.15, -0.1) is 0 Å². The molecular formula is C25H22F4N2O. The van der Waals surface area contributed by atoms with Crippen molar-refractivity contribution in [3.63, 3.8) is 0 Å². The van der Waals surface area contributed by atoms with Gasteiger partial charge >= 0.3 is 0 Å². The lowest BCUT2D eigenvalue weighted by atomic mass is 10.00. The average Bonchev–Trinajstić information content (AvgIpc) is 2.79. The summed E-state index contributed by atoms with van der Waals surface area (Å²) < 4.78 is 55.8. The maximum atomic E-state index is 14.3. The van der Waals surface area contributed by atoms with Gasteiger partial charge in [0.25, 0.3) is 5.91 Å². The third-order valence-corrected chi connectivity index (χ3v) is 5.79. The summed E-state index contributed by atoms with van der Waals surface area (Å²) in [6, 6.07) is 14.8. The molecule has 3 aromatic rings. The zero-order valence-electron chi connectivity index (χ0n) is 17.3. The first kappa shape index (κ1) is 22.0. The van der Waals surface area contributed by atoms with Gasteiger partial charge in [-0.3, -0.25) is 9.69 Å². The Hall–Kier alpha value is -3.19. The van der Waals surface area contributed by atoms with Gasteiger partial charge < -0.3 is 4.90 Å². The molecule has 1 aliphatic heterocycles. The van der Waals surface area contributed by atoms with Crippen molar-refractivity contribution in [3.05, 3.63) is 101 Å². The van der Waals surface area contributed by atoms with E-state index in [0.29, 0.717) is 31.6 Å². The summed E-state index contributed by atoms with van der Waals surface area (Å²) in [6.45, 7) is 1.13. The Kier molecular flexibility index (Phi) is 6.55. The van der Waals surface area contributed by atoms with Crippen LogP contribution in [-0.2, 0) is 6.54 Å². The first-order valence-electron chi connectivity index (χ1n) is 10.4. The largest absolute Gasteiger partial charge is 0.305 e. The van der Waals surface area contributed by atoms with E-state index < -0.39 is 29.2 Å². The number of benzene rings is 3. The second kappa shape index (κ2) is 9.53. The highest BCUT2D eigenvalue weighted by Gasteiger charge is 2.31. The number of likely N-dealkylation sites (tertiary alicyclic amines) is 1. The van der Waals surface area contributed by atoms with E-state index in [1.54, 1.807) is 6.07 Å². The first-order valence-corrected chi connectivity index (χ1v) is 10.4. The summed E-state index contributed by atoms with van der Waals surface area (Å²) in [5.41, 5.74) is 0.426. The fraction of sp³-hybridized carbons (Fsp3) is 0.240. The summed E-state index contributed by atoms with van der Waals surface area (Å²) >= 11 is 0. The Labute approximate surface area is 183 Å². The Morgan fingerprint density at radius 2 is 1.41 bits per heavy atom. The molecule has 0 radical (unpaired) electrons. The molecule has 0 unspecified atom stereocenters. The molecule has 0 spiro atoms. The molecular weight excluding hydrogens is 420 g/mol. The van der Waals surface area contributed by atoms with Gasteiger partial charge in [0.05, 0.1) is 5.56 Å². The smallest absolute Gasteiger partial charge is 0.261 e. The van der Waals surface area contributed by atoms with Crippen molar-refractivity contribution in [2.75, 3.05) is 18.0 Å². The lowest BCUT2D eigenvalue weighted by Gasteiger charge is -2.38. The summed E-state index contributed by atoms with van der Waals surface area (Å²) in [5.74, 6) is -2.75. The van der Waals surface area contributed by atoms with Gasteiger partial charge in [0.1, 0.15) is 23.3 Å². The minimum Gasteiger partial charge on any atom is -0.305 e. The Balaban J connectivity index is 1.54. The van der Waals surface area contributed by atoms with Crippen LogP contribution < -0.4 is 4.90 Å².